The predicted molar refractivity (Wildman–Crippen MR) is 87.3 cm³/mol. The number of nitrogens with one attached hydrogen (secondary N) is 1. The molecule has 8 heteroatoms. The number of rotatable bonds is 4. The Morgan fingerprint density at radius 1 is 1.16 bits per heavy atom. The Hall–Kier alpha value is -2.12. The van der Waals surface area contributed by atoms with Crippen LogP contribution < -0.4 is 5.32 Å². The Kier molecular flexibility index (Phi) is 3.92. The van der Waals surface area contributed by atoms with E-state index in [2.05, 4.69) is 5.32 Å². The van der Waals surface area contributed by atoms with Gasteiger partial charge in [0.1, 0.15) is 6.54 Å². The quantitative estimate of drug-likeness (QED) is 0.712. The molecule has 3 aliphatic heterocycles. The highest BCUT2D eigenvalue weighted by molar-refractivity contribution is 6.04. The highest BCUT2D eigenvalue weighted by Crippen LogP contribution is 2.41. The van der Waals surface area contributed by atoms with E-state index in [4.69, 9.17) is 0 Å². The lowest BCUT2D eigenvalue weighted by atomic mass is 9.78. The van der Waals surface area contributed by atoms with E-state index in [1.807, 2.05) is 4.90 Å². The predicted octanol–water partition coefficient (Wildman–Crippen LogP) is -0.211. The van der Waals surface area contributed by atoms with Crippen LogP contribution in [0.5, 0.6) is 0 Å². The molecule has 0 radical (unpaired) electrons. The maximum absolute atomic E-state index is 13.0. The van der Waals surface area contributed by atoms with E-state index in [0.717, 1.165) is 30.8 Å². The summed E-state index contributed by atoms with van der Waals surface area (Å²) in [6.07, 6.45) is 4.91. The first-order valence-electron chi connectivity index (χ1n) is 9.14. The second kappa shape index (κ2) is 6.00. The molecule has 1 unspecified atom stereocenters. The summed E-state index contributed by atoms with van der Waals surface area (Å²) in [7, 11) is 0. The highest BCUT2D eigenvalue weighted by atomic mass is 16.2. The lowest BCUT2D eigenvalue weighted by Gasteiger charge is -2.39. The van der Waals surface area contributed by atoms with Crippen LogP contribution in [0.3, 0.4) is 0 Å². The number of likely N-dealkylation sites (tertiary alicyclic amines) is 2. The van der Waals surface area contributed by atoms with Crippen LogP contribution in [0.2, 0.25) is 0 Å². The largest absolute Gasteiger partial charge is 0.342 e. The molecule has 0 aromatic rings. The molecule has 8 nitrogen and oxygen atoms in total. The summed E-state index contributed by atoms with van der Waals surface area (Å²) < 4.78 is 0. The van der Waals surface area contributed by atoms with E-state index in [0.29, 0.717) is 25.4 Å². The standard InChI is InChI=1S/C17H24N4O4/c22-13-8-18-16(25)21(13)10-14(23)20-7-5-17(11-20)4-1-6-19(15(17)24)9-12-2-3-12/h12H,1-11H2,(H,18,25). The molecule has 1 atom stereocenters. The third-order valence-electron chi connectivity index (χ3n) is 5.94. The second-order valence-corrected chi connectivity index (χ2v) is 7.78. The molecule has 136 valence electrons. The molecule has 4 aliphatic rings. The molecule has 3 heterocycles. The van der Waals surface area contributed by atoms with Gasteiger partial charge >= 0.3 is 6.03 Å². The van der Waals surface area contributed by atoms with Crippen LogP contribution in [0.25, 0.3) is 0 Å². The second-order valence-electron chi connectivity index (χ2n) is 7.78. The van der Waals surface area contributed by atoms with Gasteiger partial charge in [0.25, 0.3) is 5.91 Å². The normalized spacial score (nSPS) is 29.8. The summed E-state index contributed by atoms with van der Waals surface area (Å²) >= 11 is 0. The van der Waals surface area contributed by atoms with Crippen LogP contribution >= 0.6 is 0 Å². The lowest BCUT2D eigenvalue weighted by molar-refractivity contribution is -0.146. The molecule has 1 saturated carbocycles. The topological polar surface area (TPSA) is 90.0 Å². The zero-order chi connectivity index (χ0) is 17.6. The number of imide groups is 1. The number of piperidine rings is 1. The van der Waals surface area contributed by atoms with Crippen LogP contribution in [-0.4, -0.2) is 77.7 Å². The molecule has 25 heavy (non-hydrogen) atoms. The maximum Gasteiger partial charge on any atom is 0.325 e. The van der Waals surface area contributed by atoms with Gasteiger partial charge in [0, 0.05) is 26.2 Å². The Morgan fingerprint density at radius 2 is 1.96 bits per heavy atom. The Balaban J connectivity index is 1.39. The fourth-order valence-corrected chi connectivity index (χ4v) is 4.25. The van der Waals surface area contributed by atoms with Crippen molar-refractivity contribution in [1.82, 2.24) is 20.0 Å². The van der Waals surface area contributed by atoms with E-state index in [9.17, 15) is 19.2 Å². The smallest absolute Gasteiger partial charge is 0.325 e. The number of carbonyl (C=O) groups is 4. The number of carbonyl (C=O) groups excluding carboxylic acids is 4. The summed E-state index contributed by atoms with van der Waals surface area (Å²) in [5, 5.41) is 2.42. The zero-order valence-electron chi connectivity index (χ0n) is 14.3. The Morgan fingerprint density at radius 3 is 2.64 bits per heavy atom. The van der Waals surface area contributed by atoms with Crippen LogP contribution in [0.4, 0.5) is 4.79 Å². The molecule has 1 spiro atoms. The monoisotopic (exact) mass is 348 g/mol. The molecule has 4 rings (SSSR count). The molecule has 1 N–H and O–H groups in total. The van der Waals surface area contributed by atoms with Crippen molar-refractivity contribution in [3.63, 3.8) is 0 Å². The number of hydrogen-bond donors (Lipinski definition) is 1. The van der Waals surface area contributed by atoms with Crippen molar-refractivity contribution < 1.29 is 19.2 Å². The fourth-order valence-electron chi connectivity index (χ4n) is 4.25. The van der Waals surface area contributed by atoms with Gasteiger partial charge in [0.15, 0.2) is 0 Å². The van der Waals surface area contributed by atoms with E-state index in [1.54, 1.807) is 4.90 Å². The minimum atomic E-state index is -0.517. The molecule has 1 aliphatic carbocycles. The zero-order valence-corrected chi connectivity index (χ0v) is 14.3. The first kappa shape index (κ1) is 16.4. The van der Waals surface area contributed by atoms with E-state index >= 15 is 0 Å². The minimum absolute atomic E-state index is 0.0509. The van der Waals surface area contributed by atoms with Gasteiger partial charge in [-0.3, -0.25) is 19.3 Å². The molecule has 5 amide bonds. The van der Waals surface area contributed by atoms with Gasteiger partial charge in [-0.05, 0) is 38.0 Å². The average molecular weight is 348 g/mol. The van der Waals surface area contributed by atoms with Crippen molar-refractivity contribution in [1.29, 1.82) is 0 Å². The van der Waals surface area contributed by atoms with Crippen LogP contribution in [0.1, 0.15) is 32.1 Å². The summed E-state index contributed by atoms with van der Waals surface area (Å²) in [5.41, 5.74) is -0.458. The third-order valence-corrected chi connectivity index (χ3v) is 5.94. The lowest BCUT2D eigenvalue weighted by Crippen LogP contribution is -2.51. The van der Waals surface area contributed by atoms with Gasteiger partial charge in [-0.2, -0.15) is 0 Å². The Bertz CT molecular complexity index is 616. The summed E-state index contributed by atoms with van der Waals surface area (Å²) in [6.45, 7) is 2.33. The van der Waals surface area contributed by atoms with E-state index in [1.165, 1.54) is 12.8 Å². The summed E-state index contributed by atoms with van der Waals surface area (Å²) in [6, 6.07) is -0.517. The number of hydrogen-bond acceptors (Lipinski definition) is 4. The molecule has 0 aromatic heterocycles. The molecular weight excluding hydrogens is 324 g/mol. The molecular formula is C17H24N4O4. The molecule has 3 saturated heterocycles. The van der Waals surface area contributed by atoms with Gasteiger partial charge in [0.2, 0.25) is 11.8 Å². The van der Waals surface area contributed by atoms with E-state index < -0.39 is 11.4 Å². The summed E-state index contributed by atoms with van der Waals surface area (Å²) in [4.78, 5) is 53.3. The van der Waals surface area contributed by atoms with Crippen molar-refractivity contribution in [2.75, 3.05) is 39.3 Å². The molecule has 0 bridgehead atoms. The minimum Gasteiger partial charge on any atom is -0.342 e. The summed E-state index contributed by atoms with van der Waals surface area (Å²) in [5.74, 6) is 0.222. The SMILES string of the molecule is O=C(CN1C(=O)CNC1=O)N1CCC2(CCCN(CC3CC3)C2=O)C1. The first-order valence-corrected chi connectivity index (χ1v) is 9.14. The highest BCUT2D eigenvalue weighted by Gasteiger charge is 2.50. The fraction of sp³-hybridized carbons (Fsp3) is 0.765. The number of amides is 5. The van der Waals surface area contributed by atoms with Gasteiger partial charge in [-0.1, -0.05) is 0 Å². The first-order chi connectivity index (χ1) is 12.0. The number of urea groups is 1. The van der Waals surface area contributed by atoms with Crippen LogP contribution in [0, 0.1) is 11.3 Å². The van der Waals surface area contributed by atoms with Crippen LogP contribution in [0.15, 0.2) is 0 Å². The van der Waals surface area contributed by atoms with Crippen molar-refractivity contribution in [3.8, 4) is 0 Å². The van der Waals surface area contributed by atoms with Gasteiger partial charge in [0.05, 0.1) is 12.0 Å². The van der Waals surface area contributed by atoms with Crippen molar-refractivity contribution in [3.05, 3.63) is 0 Å². The van der Waals surface area contributed by atoms with E-state index in [-0.39, 0.29) is 30.8 Å². The maximum atomic E-state index is 13.0. The third kappa shape index (κ3) is 2.98. The van der Waals surface area contributed by atoms with Crippen molar-refractivity contribution in [2.45, 2.75) is 32.1 Å². The van der Waals surface area contributed by atoms with Gasteiger partial charge in [-0.25, -0.2) is 4.79 Å². The van der Waals surface area contributed by atoms with Gasteiger partial charge < -0.3 is 15.1 Å². The van der Waals surface area contributed by atoms with Crippen molar-refractivity contribution >= 4 is 23.8 Å². The van der Waals surface area contributed by atoms with Gasteiger partial charge in [-0.15, -0.1) is 0 Å². The Labute approximate surface area is 146 Å². The number of nitrogens with zero attached hydrogens (tertiary/aromatic N) is 3. The van der Waals surface area contributed by atoms with Crippen molar-refractivity contribution in [2.24, 2.45) is 11.3 Å². The van der Waals surface area contributed by atoms with Crippen LogP contribution in [-0.2, 0) is 14.4 Å². The average Bonchev–Trinajstić information content (AvgIpc) is 3.23. The molecule has 4 fully saturated rings. The molecule has 0 aromatic carbocycles.